The number of nitrogens with zero attached hydrogens (tertiary/aromatic N) is 4. The maximum Gasteiger partial charge on any atom is 0.220 e. The standard InChI is InChI=1S/C10H13N5/c1-2-15-6-5-12-9(15)7-8-3-4-13-10(11)14-8/h3-6H,2,7H2,1H3,(H2,11,13,14). The molecule has 0 atom stereocenters. The highest BCUT2D eigenvalue weighted by Crippen LogP contribution is 2.05. The van der Waals surface area contributed by atoms with Crippen molar-refractivity contribution in [2.45, 2.75) is 19.9 Å². The van der Waals surface area contributed by atoms with Crippen molar-refractivity contribution >= 4 is 5.95 Å². The summed E-state index contributed by atoms with van der Waals surface area (Å²) in [5, 5.41) is 0. The quantitative estimate of drug-likeness (QED) is 0.803. The number of hydrogen-bond donors (Lipinski definition) is 1. The van der Waals surface area contributed by atoms with Crippen LogP contribution in [-0.4, -0.2) is 19.5 Å². The molecule has 0 saturated carbocycles. The first-order valence-electron chi connectivity index (χ1n) is 4.87. The highest BCUT2D eigenvalue weighted by molar-refractivity contribution is 5.19. The van der Waals surface area contributed by atoms with E-state index in [1.165, 1.54) is 0 Å². The average molecular weight is 203 g/mol. The summed E-state index contributed by atoms with van der Waals surface area (Å²) < 4.78 is 2.08. The molecular formula is C10H13N5. The summed E-state index contributed by atoms with van der Waals surface area (Å²) in [6.45, 7) is 3.00. The smallest absolute Gasteiger partial charge is 0.220 e. The van der Waals surface area contributed by atoms with E-state index in [0.717, 1.165) is 18.1 Å². The van der Waals surface area contributed by atoms with Crippen LogP contribution in [0.3, 0.4) is 0 Å². The van der Waals surface area contributed by atoms with E-state index in [4.69, 9.17) is 5.73 Å². The van der Waals surface area contributed by atoms with Crippen LogP contribution in [0.2, 0.25) is 0 Å². The summed E-state index contributed by atoms with van der Waals surface area (Å²) in [4.78, 5) is 12.3. The molecular weight excluding hydrogens is 190 g/mol. The van der Waals surface area contributed by atoms with Gasteiger partial charge in [-0.15, -0.1) is 0 Å². The number of nitrogen functional groups attached to an aromatic ring is 1. The molecule has 2 rings (SSSR count). The summed E-state index contributed by atoms with van der Waals surface area (Å²) >= 11 is 0. The van der Waals surface area contributed by atoms with E-state index in [2.05, 4.69) is 26.4 Å². The number of aryl methyl sites for hydroxylation is 1. The molecule has 0 amide bonds. The molecule has 2 heterocycles. The monoisotopic (exact) mass is 203 g/mol. The number of hydrogen-bond acceptors (Lipinski definition) is 4. The topological polar surface area (TPSA) is 69.6 Å². The summed E-state index contributed by atoms with van der Waals surface area (Å²) in [7, 11) is 0. The van der Waals surface area contributed by atoms with Crippen molar-refractivity contribution in [3.8, 4) is 0 Å². The van der Waals surface area contributed by atoms with Crippen LogP contribution in [0, 0.1) is 0 Å². The van der Waals surface area contributed by atoms with Crippen LogP contribution in [0.4, 0.5) is 5.95 Å². The van der Waals surface area contributed by atoms with Gasteiger partial charge in [-0.1, -0.05) is 0 Å². The van der Waals surface area contributed by atoms with Crippen molar-refractivity contribution in [1.82, 2.24) is 19.5 Å². The highest BCUT2D eigenvalue weighted by Gasteiger charge is 2.04. The maximum absolute atomic E-state index is 5.51. The number of nitrogens with two attached hydrogens (primary N) is 1. The van der Waals surface area contributed by atoms with Crippen LogP contribution in [0.25, 0.3) is 0 Å². The van der Waals surface area contributed by atoms with Crippen LogP contribution in [0.1, 0.15) is 18.4 Å². The fraction of sp³-hybridized carbons (Fsp3) is 0.300. The third-order valence-electron chi connectivity index (χ3n) is 2.21. The Morgan fingerprint density at radius 3 is 2.93 bits per heavy atom. The zero-order valence-corrected chi connectivity index (χ0v) is 8.59. The van der Waals surface area contributed by atoms with Gasteiger partial charge < -0.3 is 10.3 Å². The Labute approximate surface area is 88.0 Å². The van der Waals surface area contributed by atoms with E-state index in [1.807, 2.05) is 12.3 Å². The Morgan fingerprint density at radius 1 is 1.33 bits per heavy atom. The van der Waals surface area contributed by atoms with Crippen molar-refractivity contribution in [2.24, 2.45) is 0 Å². The second kappa shape index (κ2) is 4.08. The van der Waals surface area contributed by atoms with E-state index in [0.29, 0.717) is 12.4 Å². The minimum atomic E-state index is 0.308. The summed E-state index contributed by atoms with van der Waals surface area (Å²) in [5.41, 5.74) is 6.40. The molecule has 2 aromatic rings. The molecule has 5 nitrogen and oxygen atoms in total. The molecule has 2 N–H and O–H groups in total. The Balaban J connectivity index is 2.22. The van der Waals surface area contributed by atoms with E-state index < -0.39 is 0 Å². The van der Waals surface area contributed by atoms with Gasteiger partial charge in [-0.25, -0.2) is 15.0 Å². The van der Waals surface area contributed by atoms with Crippen molar-refractivity contribution in [2.75, 3.05) is 5.73 Å². The fourth-order valence-corrected chi connectivity index (χ4v) is 1.47. The van der Waals surface area contributed by atoms with Crippen LogP contribution < -0.4 is 5.73 Å². The molecule has 0 spiro atoms. The van der Waals surface area contributed by atoms with Gasteiger partial charge >= 0.3 is 0 Å². The minimum Gasteiger partial charge on any atom is -0.368 e. The SMILES string of the molecule is CCn1ccnc1Cc1ccnc(N)n1. The predicted molar refractivity (Wildman–Crippen MR) is 57.2 cm³/mol. The van der Waals surface area contributed by atoms with Gasteiger partial charge in [0.05, 0.1) is 5.69 Å². The zero-order valence-electron chi connectivity index (χ0n) is 8.59. The average Bonchev–Trinajstić information content (AvgIpc) is 2.65. The molecule has 0 fully saturated rings. The second-order valence-corrected chi connectivity index (χ2v) is 3.21. The molecule has 0 aromatic carbocycles. The molecule has 0 aliphatic rings. The minimum absolute atomic E-state index is 0.308. The predicted octanol–water partition coefficient (Wildman–Crippen LogP) is 0.866. The number of anilines is 1. The second-order valence-electron chi connectivity index (χ2n) is 3.21. The van der Waals surface area contributed by atoms with E-state index in [-0.39, 0.29) is 0 Å². The molecule has 0 saturated heterocycles. The van der Waals surface area contributed by atoms with Crippen molar-refractivity contribution in [3.05, 3.63) is 36.2 Å². The number of imidazole rings is 1. The lowest BCUT2D eigenvalue weighted by atomic mass is 10.3. The van der Waals surface area contributed by atoms with E-state index >= 15 is 0 Å². The molecule has 0 unspecified atom stereocenters. The van der Waals surface area contributed by atoms with Crippen molar-refractivity contribution in [3.63, 3.8) is 0 Å². The van der Waals surface area contributed by atoms with Gasteiger partial charge in [0.25, 0.3) is 0 Å². The lowest BCUT2D eigenvalue weighted by molar-refractivity contribution is 0.708. The van der Waals surface area contributed by atoms with Gasteiger partial charge in [-0.2, -0.15) is 0 Å². The van der Waals surface area contributed by atoms with E-state index in [9.17, 15) is 0 Å². The van der Waals surface area contributed by atoms with Gasteiger partial charge in [0.1, 0.15) is 5.82 Å². The molecule has 2 aromatic heterocycles. The molecule has 0 radical (unpaired) electrons. The van der Waals surface area contributed by atoms with Crippen molar-refractivity contribution < 1.29 is 0 Å². The normalized spacial score (nSPS) is 10.5. The first kappa shape index (κ1) is 9.64. The Bertz CT molecular complexity index is 449. The van der Waals surface area contributed by atoms with Crippen LogP contribution >= 0.6 is 0 Å². The Hall–Kier alpha value is -1.91. The highest BCUT2D eigenvalue weighted by atomic mass is 15.1. The lowest BCUT2D eigenvalue weighted by Gasteiger charge is -2.04. The molecule has 15 heavy (non-hydrogen) atoms. The van der Waals surface area contributed by atoms with Gasteiger partial charge in [0.15, 0.2) is 0 Å². The maximum atomic E-state index is 5.51. The van der Waals surface area contributed by atoms with E-state index in [1.54, 1.807) is 12.4 Å². The van der Waals surface area contributed by atoms with Crippen molar-refractivity contribution in [1.29, 1.82) is 0 Å². The van der Waals surface area contributed by atoms with Crippen LogP contribution in [0.5, 0.6) is 0 Å². The van der Waals surface area contributed by atoms with Gasteiger partial charge in [0, 0.05) is 31.6 Å². The zero-order chi connectivity index (χ0) is 10.7. The third kappa shape index (κ3) is 2.12. The van der Waals surface area contributed by atoms with Gasteiger partial charge in [-0.3, -0.25) is 0 Å². The molecule has 0 aliphatic heterocycles. The Morgan fingerprint density at radius 2 is 2.20 bits per heavy atom. The molecule has 0 aliphatic carbocycles. The largest absolute Gasteiger partial charge is 0.368 e. The summed E-state index contributed by atoms with van der Waals surface area (Å²) in [6.07, 6.45) is 6.10. The molecule has 0 bridgehead atoms. The van der Waals surface area contributed by atoms with Crippen LogP contribution in [0.15, 0.2) is 24.7 Å². The molecule has 5 heteroatoms. The lowest BCUT2D eigenvalue weighted by Crippen LogP contribution is -2.04. The summed E-state index contributed by atoms with van der Waals surface area (Å²) in [5.74, 6) is 1.30. The first-order chi connectivity index (χ1) is 7.29. The van der Waals surface area contributed by atoms with Gasteiger partial charge in [0.2, 0.25) is 5.95 Å². The van der Waals surface area contributed by atoms with Gasteiger partial charge in [-0.05, 0) is 13.0 Å². The third-order valence-corrected chi connectivity index (χ3v) is 2.21. The number of rotatable bonds is 3. The Kier molecular flexibility index (Phi) is 2.62. The fourth-order valence-electron chi connectivity index (χ4n) is 1.47. The first-order valence-corrected chi connectivity index (χ1v) is 4.87. The summed E-state index contributed by atoms with van der Waals surface area (Å²) in [6, 6.07) is 1.85. The number of aromatic nitrogens is 4. The molecule has 78 valence electrons. The van der Waals surface area contributed by atoms with Crippen LogP contribution in [-0.2, 0) is 13.0 Å².